The first-order chi connectivity index (χ1) is 18.6. The minimum Gasteiger partial charge on any atom is -0.349 e. The lowest BCUT2D eigenvalue weighted by molar-refractivity contribution is -0.139. The van der Waals surface area contributed by atoms with E-state index in [0.29, 0.717) is 45.3 Å². The Kier molecular flexibility index (Phi) is 8.01. The molecule has 0 spiro atoms. The van der Waals surface area contributed by atoms with Gasteiger partial charge >= 0.3 is 6.18 Å². The van der Waals surface area contributed by atoms with Crippen LogP contribution >= 0.6 is 11.3 Å². The van der Waals surface area contributed by atoms with Gasteiger partial charge in [0, 0.05) is 30.8 Å². The van der Waals surface area contributed by atoms with Gasteiger partial charge in [-0.1, -0.05) is 17.4 Å². The molecule has 1 atom stereocenters. The van der Waals surface area contributed by atoms with Gasteiger partial charge in [0.25, 0.3) is 0 Å². The number of hydrogen-bond acceptors (Lipinski definition) is 7. The molecule has 0 unspecified atom stereocenters. The average molecular weight is 566 g/mol. The second-order valence-electron chi connectivity index (χ2n) is 10.3. The van der Waals surface area contributed by atoms with Crippen LogP contribution < -0.4 is 5.32 Å². The van der Waals surface area contributed by atoms with E-state index < -0.39 is 18.9 Å². The Morgan fingerprint density at radius 2 is 1.92 bits per heavy atom. The van der Waals surface area contributed by atoms with E-state index >= 15 is 0 Å². The normalized spacial score (nSPS) is 21.2. The van der Waals surface area contributed by atoms with Crippen LogP contribution in [0.25, 0.3) is 21.6 Å². The Balaban J connectivity index is 1.42. The average Bonchev–Trinajstić information content (AvgIpc) is 3.49. The van der Waals surface area contributed by atoms with Crippen LogP contribution in [0.3, 0.4) is 0 Å². The van der Waals surface area contributed by atoms with Gasteiger partial charge in [0.2, 0.25) is 5.91 Å². The number of nitrogens with zero attached hydrogens (tertiary/aromatic N) is 6. The highest BCUT2D eigenvalue weighted by Crippen LogP contribution is 2.37. The standard InChI is InChI=1S/C26H31F4N7OS/c1-35-9-6-16(7-10-35)24(38)31-13-23-33-34-25(39-23)22-12-17-19(32-20-8-11-36(2)14-18(20)27)4-3-5-21(17)37(22)15-26(28,29)30/h3-5,12,16,18H,6-11,13-15H2,1-2H3,(H,31,38)/b32-20+/t18-/m0/s1. The molecule has 4 heterocycles. The molecule has 3 aromatic rings. The highest BCUT2D eigenvalue weighted by molar-refractivity contribution is 7.14. The molecule has 1 amide bonds. The van der Waals surface area contributed by atoms with Crippen LogP contribution in [0, 0.1) is 5.92 Å². The summed E-state index contributed by atoms with van der Waals surface area (Å²) in [5, 5.41) is 12.5. The smallest absolute Gasteiger partial charge is 0.349 e. The molecule has 1 N–H and O–H groups in total. The third-order valence-electron chi connectivity index (χ3n) is 7.30. The van der Waals surface area contributed by atoms with Crippen molar-refractivity contribution in [3.05, 3.63) is 29.3 Å². The molecule has 5 rings (SSSR count). The summed E-state index contributed by atoms with van der Waals surface area (Å²) in [5.74, 6) is -0.105. The Hall–Kier alpha value is -2.90. The number of likely N-dealkylation sites (tertiary alicyclic amines) is 2. The second-order valence-corrected chi connectivity index (χ2v) is 11.4. The van der Waals surface area contributed by atoms with Gasteiger partial charge in [-0.2, -0.15) is 13.2 Å². The molecule has 0 radical (unpaired) electrons. The first-order valence-corrected chi connectivity index (χ1v) is 13.8. The molecule has 0 bridgehead atoms. The minimum absolute atomic E-state index is 0.0464. The monoisotopic (exact) mass is 565 g/mol. The van der Waals surface area contributed by atoms with Gasteiger partial charge in [0.05, 0.1) is 29.2 Å². The summed E-state index contributed by atoms with van der Waals surface area (Å²) in [6.45, 7) is 1.56. The lowest BCUT2D eigenvalue weighted by Gasteiger charge is -2.27. The maximum absolute atomic E-state index is 14.6. The predicted octanol–water partition coefficient (Wildman–Crippen LogP) is 4.43. The van der Waals surface area contributed by atoms with E-state index in [1.165, 1.54) is 0 Å². The summed E-state index contributed by atoms with van der Waals surface area (Å²) < 4.78 is 56.7. The first-order valence-electron chi connectivity index (χ1n) is 13.0. The summed E-state index contributed by atoms with van der Waals surface area (Å²) >= 11 is 1.14. The zero-order valence-electron chi connectivity index (χ0n) is 21.8. The number of rotatable bonds is 6. The molecule has 2 aliphatic rings. The molecule has 2 aromatic heterocycles. The Morgan fingerprint density at radius 1 is 1.15 bits per heavy atom. The van der Waals surface area contributed by atoms with E-state index in [-0.39, 0.29) is 30.6 Å². The number of carbonyl (C=O) groups is 1. The van der Waals surface area contributed by atoms with Crippen LogP contribution in [-0.4, -0.2) is 88.8 Å². The Bertz CT molecular complexity index is 1360. The summed E-state index contributed by atoms with van der Waals surface area (Å²) in [4.78, 5) is 21.2. The number of halogens is 4. The molecule has 2 fully saturated rings. The summed E-state index contributed by atoms with van der Waals surface area (Å²) in [5.41, 5.74) is 1.40. The van der Waals surface area contributed by atoms with E-state index in [9.17, 15) is 22.4 Å². The number of alkyl halides is 4. The summed E-state index contributed by atoms with van der Waals surface area (Å²) in [6.07, 6.45) is -3.68. The van der Waals surface area contributed by atoms with Crippen molar-refractivity contribution >= 4 is 39.5 Å². The van der Waals surface area contributed by atoms with Crippen molar-refractivity contribution in [2.45, 2.75) is 44.7 Å². The van der Waals surface area contributed by atoms with Crippen LogP contribution in [0.15, 0.2) is 29.3 Å². The maximum atomic E-state index is 14.6. The zero-order chi connectivity index (χ0) is 27.7. The molecule has 8 nitrogen and oxygen atoms in total. The SMILES string of the molecule is CN1CCC(C(=O)NCc2nnc(-c3cc4c(/N=C5\CCN(C)C[C@@H]5F)cccc4n3CC(F)(F)F)s2)CC1. The van der Waals surface area contributed by atoms with Crippen molar-refractivity contribution in [1.82, 2.24) is 29.9 Å². The lowest BCUT2D eigenvalue weighted by Crippen LogP contribution is -2.39. The van der Waals surface area contributed by atoms with Gasteiger partial charge in [0.15, 0.2) is 11.2 Å². The topological polar surface area (TPSA) is 78.7 Å². The molecule has 13 heteroatoms. The van der Waals surface area contributed by atoms with Crippen LogP contribution in [0.2, 0.25) is 0 Å². The van der Waals surface area contributed by atoms with Crippen LogP contribution in [0.5, 0.6) is 0 Å². The van der Waals surface area contributed by atoms with Crippen molar-refractivity contribution in [2.24, 2.45) is 10.9 Å². The number of aromatic nitrogens is 3. The number of fused-ring (bicyclic) bond motifs is 1. The maximum Gasteiger partial charge on any atom is 0.406 e. The van der Waals surface area contributed by atoms with E-state index in [4.69, 9.17) is 0 Å². The van der Waals surface area contributed by atoms with Gasteiger partial charge in [-0.15, -0.1) is 10.2 Å². The lowest BCUT2D eigenvalue weighted by atomic mass is 9.96. The molecular formula is C26H31F4N7OS. The molecule has 210 valence electrons. The number of amides is 1. The first kappa shape index (κ1) is 27.7. The van der Waals surface area contributed by atoms with Crippen LogP contribution in [0.4, 0.5) is 23.2 Å². The Labute approximate surface area is 227 Å². The second kappa shape index (κ2) is 11.3. The summed E-state index contributed by atoms with van der Waals surface area (Å²) in [7, 11) is 3.86. The van der Waals surface area contributed by atoms with Crippen LogP contribution in [-0.2, 0) is 17.9 Å². The molecule has 2 aliphatic heterocycles. The molecular weight excluding hydrogens is 534 g/mol. The summed E-state index contributed by atoms with van der Waals surface area (Å²) in [6, 6.07) is 6.53. The third kappa shape index (κ3) is 6.47. The highest BCUT2D eigenvalue weighted by atomic mass is 32.1. The fourth-order valence-corrected chi connectivity index (χ4v) is 5.92. The Morgan fingerprint density at radius 3 is 2.64 bits per heavy atom. The molecule has 0 aliphatic carbocycles. The van der Waals surface area contributed by atoms with Gasteiger partial charge in [-0.25, -0.2) is 4.39 Å². The number of benzene rings is 1. The van der Waals surface area contributed by atoms with Crippen molar-refractivity contribution < 1.29 is 22.4 Å². The highest BCUT2D eigenvalue weighted by Gasteiger charge is 2.31. The van der Waals surface area contributed by atoms with E-state index in [1.807, 2.05) is 19.0 Å². The third-order valence-corrected chi connectivity index (χ3v) is 8.24. The molecule has 39 heavy (non-hydrogen) atoms. The van der Waals surface area contributed by atoms with Gasteiger partial charge in [0.1, 0.15) is 11.6 Å². The predicted molar refractivity (Wildman–Crippen MR) is 143 cm³/mol. The van der Waals surface area contributed by atoms with Crippen molar-refractivity contribution in [3.63, 3.8) is 0 Å². The van der Waals surface area contributed by atoms with Gasteiger partial charge in [-0.05, 0) is 58.2 Å². The zero-order valence-corrected chi connectivity index (χ0v) is 22.7. The number of carbonyl (C=O) groups excluding carboxylic acids is 1. The quantitative estimate of drug-likeness (QED) is 0.448. The molecule has 2 saturated heterocycles. The largest absolute Gasteiger partial charge is 0.406 e. The van der Waals surface area contributed by atoms with Crippen molar-refractivity contribution in [2.75, 3.05) is 40.3 Å². The molecule has 0 saturated carbocycles. The fraction of sp³-hybridized carbons (Fsp3) is 0.538. The number of aliphatic imine (C=N–C) groups is 1. The van der Waals surface area contributed by atoms with E-state index in [2.05, 4.69) is 25.4 Å². The van der Waals surface area contributed by atoms with Crippen molar-refractivity contribution in [3.8, 4) is 10.7 Å². The van der Waals surface area contributed by atoms with Crippen molar-refractivity contribution in [1.29, 1.82) is 0 Å². The molecule has 1 aromatic carbocycles. The van der Waals surface area contributed by atoms with E-state index in [1.54, 1.807) is 24.3 Å². The van der Waals surface area contributed by atoms with Gasteiger partial charge in [-0.3, -0.25) is 9.79 Å². The number of hydrogen-bond donors (Lipinski definition) is 1. The minimum atomic E-state index is -4.48. The number of nitrogens with one attached hydrogen (secondary N) is 1. The number of piperidine rings is 2. The van der Waals surface area contributed by atoms with Gasteiger partial charge < -0.3 is 19.7 Å². The van der Waals surface area contributed by atoms with E-state index in [0.717, 1.165) is 41.8 Å². The van der Waals surface area contributed by atoms with Crippen LogP contribution in [0.1, 0.15) is 24.3 Å². The fourth-order valence-electron chi connectivity index (χ4n) is 5.11.